The molecule has 4 aromatic heterocycles. The molecular weight excluding hydrogens is 581 g/mol. The number of alkyl halides is 7. The van der Waals surface area contributed by atoms with E-state index in [0.29, 0.717) is 27.5 Å². The second kappa shape index (κ2) is 10.1. The average molecular weight is 596 g/mol. The minimum atomic E-state index is -4.85. The summed E-state index contributed by atoms with van der Waals surface area (Å²) in [7, 11) is 0. The molecule has 212 valence electrons. The van der Waals surface area contributed by atoms with E-state index in [2.05, 4.69) is 20.4 Å². The van der Waals surface area contributed by atoms with Gasteiger partial charge in [0.25, 0.3) is 24.7 Å². The number of anilines is 1. The van der Waals surface area contributed by atoms with Gasteiger partial charge in [-0.3, -0.25) is 9.59 Å². The van der Waals surface area contributed by atoms with Crippen molar-refractivity contribution in [1.29, 1.82) is 0 Å². The fourth-order valence-corrected chi connectivity index (χ4v) is 5.08. The summed E-state index contributed by atoms with van der Waals surface area (Å²) in [4.78, 5) is 32.1. The van der Waals surface area contributed by atoms with E-state index in [4.69, 9.17) is 5.73 Å². The summed E-state index contributed by atoms with van der Waals surface area (Å²) in [5.74, 6) is -2.20. The Labute approximate surface area is 228 Å². The molecule has 0 aliphatic carbocycles. The molecule has 5 aromatic rings. The molecule has 0 spiro atoms. The van der Waals surface area contributed by atoms with Crippen molar-refractivity contribution in [3.8, 4) is 11.1 Å². The molecule has 0 atom stereocenters. The number of nitrogens with zero attached hydrogens (tertiary/aromatic N) is 4. The third-order valence-corrected chi connectivity index (χ3v) is 7.03. The third-order valence-electron chi connectivity index (χ3n) is 5.93. The summed E-state index contributed by atoms with van der Waals surface area (Å²) < 4.78 is 95.1. The van der Waals surface area contributed by atoms with Gasteiger partial charge in [-0.1, -0.05) is 29.8 Å². The number of nitrogens with one attached hydrogen (secondary N) is 1. The van der Waals surface area contributed by atoms with Gasteiger partial charge in [0, 0.05) is 11.5 Å². The van der Waals surface area contributed by atoms with Gasteiger partial charge in [-0.25, -0.2) is 32.0 Å². The normalized spacial score (nSPS) is 12.1. The first kappa shape index (κ1) is 27.9. The van der Waals surface area contributed by atoms with Gasteiger partial charge in [0.2, 0.25) is 0 Å². The molecule has 16 heteroatoms. The lowest BCUT2D eigenvalue weighted by Gasteiger charge is -2.12. The maximum absolute atomic E-state index is 13.7. The minimum Gasteiger partial charge on any atom is -0.365 e. The molecule has 0 fully saturated rings. The van der Waals surface area contributed by atoms with Crippen molar-refractivity contribution < 1.29 is 40.3 Å². The van der Waals surface area contributed by atoms with E-state index in [1.54, 1.807) is 19.1 Å². The fraction of sp³-hybridized carbons (Fsp3) is 0.160. The van der Waals surface area contributed by atoms with Gasteiger partial charge in [-0.2, -0.15) is 18.3 Å². The number of benzene rings is 1. The smallest absolute Gasteiger partial charge is 0.365 e. The summed E-state index contributed by atoms with van der Waals surface area (Å²) in [5.41, 5.74) is 2.06. The van der Waals surface area contributed by atoms with Gasteiger partial charge in [0.15, 0.2) is 11.3 Å². The van der Waals surface area contributed by atoms with Crippen molar-refractivity contribution >= 4 is 44.7 Å². The first-order valence-electron chi connectivity index (χ1n) is 11.4. The van der Waals surface area contributed by atoms with Gasteiger partial charge in [-0.05, 0) is 30.2 Å². The summed E-state index contributed by atoms with van der Waals surface area (Å²) in [6, 6.07) is 8.45. The number of aromatic nitrogens is 4. The van der Waals surface area contributed by atoms with Crippen LogP contribution in [0.2, 0.25) is 0 Å². The highest BCUT2D eigenvalue weighted by molar-refractivity contribution is 7.21. The molecule has 2 amide bonds. The van der Waals surface area contributed by atoms with Crippen LogP contribution in [0.5, 0.6) is 0 Å². The zero-order valence-electron chi connectivity index (χ0n) is 20.4. The zero-order chi connectivity index (χ0) is 29.8. The number of rotatable bonds is 6. The van der Waals surface area contributed by atoms with Crippen molar-refractivity contribution in [3.05, 3.63) is 75.7 Å². The van der Waals surface area contributed by atoms with Crippen molar-refractivity contribution in [3.63, 3.8) is 0 Å². The van der Waals surface area contributed by atoms with Crippen LogP contribution in [0.25, 0.3) is 27.0 Å². The zero-order valence-corrected chi connectivity index (χ0v) is 21.2. The molecule has 8 nitrogen and oxygen atoms in total. The lowest BCUT2D eigenvalue weighted by Crippen LogP contribution is -2.17. The second-order valence-electron chi connectivity index (χ2n) is 8.73. The third kappa shape index (κ3) is 5.17. The van der Waals surface area contributed by atoms with Gasteiger partial charge in [-0.15, -0.1) is 11.3 Å². The lowest BCUT2D eigenvalue weighted by atomic mass is 10.00. The maximum atomic E-state index is 13.7. The number of carbonyl (C=O) groups is 2. The number of halogens is 7. The predicted molar refractivity (Wildman–Crippen MR) is 134 cm³/mol. The van der Waals surface area contributed by atoms with E-state index < -0.39 is 59.3 Å². The fourth-order valence-electron chi connectivity index (χ4n) is 4.07. The number of primary amides is 1. The standard InChI is InChI=1S/C25H15F7N6O2S/c1-9-2-4-10(5-3-9)11-6-15(25(30,31)32)35-24-17(11)18(19(41-24)22(33)39)36-23(40)13-8-16-34-12(20(26)27)7-14(21(28)29)38(16)37-13/h2-8,20-21H,1H3,(H2,33,39)(H,36,40). The Balaban J connectivity index is 1.69. The van der Waals surface area contributed by atoms with Crippen LogP contribution in [0.15, 0.2) is 42.5 Å². The number of carbonyl (C=O) groups excluding carboxylic acids is 2. The molecule has 0 bridgehead atoms. The minimum absolute atomic E-state index is 0.0281. The first-order chi connectivity index (χ1) is 19.2. The number of nitrogens with two attached hydrogens (primary N) is 1. The van der Waals surface area contributed by atoms with Crippen molar-refractivity contribution in [2.45, 2.75) is 26.0 Å². The van der Waals surface area contributed by atoms with Crippen LogP contribution in [-0.4, -0.2) is 31.4 Å². The first-order valence-corrected chi connectivity index (χ1v) is 12.3. The van der Waals surface area contributed by atoms with Crippen LogP contribution in [0, 0.1) is 6.92 Å². The molecule has 41 heavy (non-hydrogen) atoms. The summed E-state index contributed by atoms with van der Waals surface area (Å²) in [6.45, 7) is 1.77. The Morgan fingerprint density at radius 3 is 2.27 bits per heavy atom. The highest BCUT2D eigenvalue weighted by Crippen LogP contribution is 2.44. The highest BCUT2D eigenvalue weighted by atomic mass is 32.1. The van der Waals surface area contributed by atoms with Crippen molar-refractivity contribution in [2.24, 2.45) is 5.73 Å². The monoisotopic (exact) mass is 596 g/mol. The number of hydrogen-bond acceptors (Lipinski definition) is 6. The Hall–Kier alpha value is -4.60. The van der Waals surface area contributed by atoms with Crippen LogP contribution in [0.1, 0.15) is 55.7 Å². The van der Waals surface area contributed by atoms with Crippen LogP contribution < -0.4 is 11.1 Å². The molecular formula is C25H15F7N6O2S. The van der Waals surface area contributed by atoms with Gasteiger partial charge >= 0.3 is 6.18 Å². The highest BCUT2D eigenvalue weighted by Gasteiger charge is 2.35. The number of aryl methyl sites for hydroxylation is 1. The average Bonchev–Trinajstić information content (AvgIpc) is 3.49. The molecule has 4 heterocycles. The molecule has 0 saturated heterocycles. The molecule has 0 saturated carbocycles. The van der Waals surface area contributed by atoms with Crippen molar-refractivity contribution in [1.82, 2.24) is 19.6 Å². The van der Waals surface area contributed by atoms with Gasteiger partial charge in [0.05, 0.1) is 5.69 Å². The summed E-state index contributed by atoms with van der Waals surface area (Å²) >= 11 is 0.507. The maximum Gasteiger partial charge on any atom is 0.433 e. The topological polar surface area (TPSA) is 115 Å². The Morgan fingerprint density at radius 2 is 1.68 bits per heavy atom. The van der Waals surface area contributed by atoms with E-state index in [0.717, 1.165) is 17.7 Å². The van der Waals surface area contributed by atoms with Crippen LogP contribution in [0.4, 0.5) is 36.4 Å². The Bertz CT molecular complexity index is 1830. The quantitative estimate of drug-likeness (QED) is 0.216. The van der Waals surface area contributed by atoms with E-state index in [-0.39, 0.29) is 26.3 Å². The number of fused-ring (bicyclic) bond motifs is 2. The molecule has 0 unspecified atom stereocenters. The Kier molecular flexibility index (Phi) is 6.89. The van der Waals surface area contributed by atoms with E-state index in [9.17, 15) is 40.3 Å². The molecule has 0 aliphatic heterocycles. The van der Waals surface area contributed by atoms with Gasteiger partial charge in [0.1, 0.15) is 26.8 Å². The van der Waals surface area contributed by atoms with Crippen molar-refractivity contribution in [2.75, 3.05) is 5.32 Å². The van der Waals surface area contributed by atoms with Crippen LogP contribution in [-0.2, 0) is 6.18 Å². The van der Waals surface area contributed by atoms with E-state index in [1.165, 1.54) is 12.1 Å². The van der Waals surface area contributed by atoms with E-state index >= 15 is 0 Å². The second-order valence-corrected chi connectivity index (χ2v) is 9.73. The molecule has 0 aliphatic rings. The molecule has 0 radical (unpaired) electrons. The lowest BCUT2D eigenvalue weighted by molar-refractivity contribution is -0.140. The summed E-state index contributed by atoms with van der Waals surface area (Å²) in [5, 5.41) is 6.08. The number of amides is 2. The van der Waals surface area contributed by atoms with E-state index in [1.807, 2.05) is 0 Å². The van der Waals surface area contributed by atoms with Crippen LogP contribution >= 0.6 is 11.3 Å². The largest absolute Gasteiger partial charge is 0.433 e. The number of thiophene rings is 1. The predicted octanol–water partition coefficient (Wildman–Crippen LogP) is 6.56. The summed E-state index contributed by atoms with van der Waals surface area (Å²) in [6.07, 6.45) is -11.3. The molecule has 3 N–H and O–H groups in total. The number of hydrogen-bond donors (Lipinski definition) is 2. The van der Waals surface area contributed by atoms with Gasteiger partial charge < -0.3 is 11.1 Å². The van der Waals surface area contributed by atoms with Crippen LogP contribution in [0.3, 0.4) is 0 Å². The Morgan fingerprint density at radius 1 is 1.00 bits per heavy atom. The molecule has 1 aromatic carbocycles. The molecule has 5 rings (SSSR count). The number of pyridine rings is 1. The SMILES string of the molecule is Cc1ccc(-c2cc(C(F)(F)F)nc3sc(C(N)=O)c(NC(=O)c4cc5nc(C(F)F)cc(C(F)F)n5n4)c23)cc1.